The summed E-state index contributed by atoms with van der Waals surface area (Å²) in [7, 11) is 0. The third-order valence-electron chi connectivity index (χ3n) is 3.54. The van der Waals surface area contributed by atoms with Gasteiger partial charge >= 0.3 is 5.97 Å². The second kappa shape index (κ2) is 6.53. The van der Waals surface area contributed by atoms with Crippen LogP contribution in [0.5, 0.6) is 0 Å². The Kier molecular flexibility index (Phi) is 4.74. The average molecular weight is 260 g/mol. The van der Waals surface area contributed by atoms with E-state index in [9.17, 15) is 4.79 Å². The standard InChI is InChI=1S/C16H20O3/c1-2-12-6-7-13(8-9-16(17)18)14(11-12)15-5-3-4-10-19-15/h2,6-7,11,15H,1,3-5,8-10H2,(H,17,18). The molecule has 1 aliphatic heterocycles. The smallest absolute Gasteiger partial charge is 0.303 e. The summed E-state index contributed by atoms with van der Waals surface area (Å²) in [5.41, 5.74) is 3.28. The van der Waals surface area contributed by atoms with Crippen LogP contribution in [0.15, 0.2) is 24.8 Å². The molecule has 102 valence electrons. The zero-order valence-corrected chi connectivity index (χ0v) is 11.1. The zero-order chi connectivity index (χ0) is 13.7. The van der Waals surface area contributed by atoms with E-state index in [1.165, 1.54) is 6.42 Å². The van der Waals surface area contributed by atoms with E-state index in [4.69, 9.17) is 9.84 Å². The summed E-state index contributed by atoms with van der Waals surface area (Å²) in [6.45, 7) is 4.58. The second-order valence-electron chi connectivity index (χ2n) is 4.91. The van der Waals surface area contributed by atoms with Crippen molar-refractivity contribution >= 4 is 12.0 Å². The number of hydrogen-bond acceptors (Lipinski definition) is 2. The minimum Gasteiger partial charge on any atom is -0.481 e. The molecule has 0 saturated carbocycles. The number of carboxylic acids is 1. The van der Waals surface area contributed by atoms with E-state index in [1.54, 1.807) is 0 Å². The van der Waals surface area contributed by atoms with Crippen molar-refractivity contribution in [2.24, 2.45) is 0 Å². The van der Waals surface area contributed by atoms with Crippen LogP contribution >= 0.6 is 0 Å². The number of carboxylic acid groups (broad SMARTS) is 1. The summed E-state index contributed by atoms with van der Waals surface area (Å²) in [6.07, 6.45) is 5.93. The second-order valence-corrected chi connectivity index (χ2v) is 4.91. The lowest BCUT2D eigenvalue weighted by molar-refractivity contribution is -0.136. The molecular formula is C16H20O3. The maximum atomic E-state index is 10.7. The molecule has 2 rings (SSSR count). The molecule has 0 amide bonds. The van der Waals surface area contributed by atoms with Gasteiger partial charge in [0.15, 0.2) is 0 Å². The summed E-state index contributed by atoms with van der Waals surface area (Å²) in [6, 6.07) is 6.07. The van der Waals surface area contributed by atoms with Crippen molar-refractivity contribution in [1.82, 2.24) is 0 Å². The van der Waals surface area contributed by atoms with Crippen LogP contribution in [0.3, 0.4) is 0 Å². The van der Waals surface area contributed by atoms with E-state index in [0.717, 1.165) is 36.1 Å². The first-order chi connectivity index (χ1) is 9.20. The highest BCUT2D eigenvalue weighted by Crippen LogP contribution is 2.31. The molecule has 0 aliphatic carbocycles. The summed E-state index contributed by atoms with van der Waals surface area (Å²) < 4.78 is 5.83. The first-order valence-corrected chi connectivity index (χ1v) is 6.79. The van der Waals surface area contributed by atoms with Gasteiger partial charge in [-0.15, -0.1) is 0 Å². The highest BCUT2D eigenvalue weighted by atomic mass is 16.5. The topological polar surface area (TPSA) is 46.5 Å². The molecule has 1 unspecified atom stereocenters. The van der Waals surface area contributed by atoms with Gasteiger partial charge in [-0.2, -0.15) is 0 Å². The Morgan fingerprint density at radius 1 is 1.47 bits per heavy atom. The van der Waals surface area contributed by atoms with Crippen molar-refractivity contribution in [3.63, 3.8) is 0 Å². The lowest BCUT2D eigenvalue weighted by atomic mass is 9.92. The van der Waals surface area contributed by atoms with E-state index in [2.05, 4.69) is 12.6 Å². The fourth-order valence-corrected chi connectivity index (χ4v) is 2.50. The van der Waals surface area contributed by atoms with E-state index < -0.39 is 5.97 Å². The molecule has 1 N–H and O–H groups in total. The molecule has 3 nitrogen and oxygen atoms in total. The van der Waals surface area contributed by atoms with Crippen LogP contribution < -0.4 is 0 Å². The SMILES string of the molecule is C=Cc1ccc(CCC(=O)O)c(C2CCCCO2)c1. The lowest BCUT2D eigenvalue weighted by Gasteiger charge is -2.25. The largest absolute Gasteiger partial charge is 0.481 e. The minimum absolute atomic E-state index is 0.109. The molecule has 1 aliphatic rings. The van der Waals surface area contributed by atoms with Gasteiger partial charge in [-0.3, -0.25) is 4.79 Å². The van der Waals surface area contributed by atoms with Crippen LogP contribution in [0, 0.1) is 0 Å². The van der Waals surface area contributed by atoms with Gasteiger partial charge in [0, 0.05) is 13.0 Å². The van der Waals surface area contributed by atoms with Gasteiger partial charge in [0.2, 0.25) is 0 Å². The number of aryl methyl sites for hydroxylation is 1. The quantitative estimate of drug-likeness (QED) is 0.880. The minimum atomic E-state index is -0.761. The van der Waals surface area contributed by atoms with Gasteiger partial charge in [-0.25, -0.2) is 0 Å². The summed E-state index contributed by atoms with van der Waals surface area (Å²) >= 11 is 0. The van der Waals surface area contributed by atoms with Gasteiger partial charge in [0.1, 0.15) is 0 Å². The van der Waals surface area contributed by atoms with Gasteiger partial charge in [-0.1, -0.05) is 24.8 Å². The molecule has 3 heteroatoms. The number of benzene rings is 1. The van der Waals surface area contributed by atoms with Gasteiger partial charge in [0.05, 0.1) is 6.10 Å². The maximum absolute atomic E-state index is 10.7. The predicted molar refractivity (Wildman–Crippen MR) is 75.0 cm³/mol. The number of hydrogen-bond donors (Lipinski definition) is 1. The fourth-order valence-electron chi connectivity index (χ4n) is 2.50. The van der Waals surface area contributed by atoms with Crippen LogP contribution in [-0.4, -0.2) is 17.7 Å². The normalized spacial score (nSPS) is 19.1. The van der Waals surface area contributed by atoms with Crippen LogP contribution in [0.25, 0.3) is 6.08 Å². The van der Waals surface area contributed by atoms with Crippen molar-refractivity contribution in [2.45, 2.75) is 38.2 Å². The molecule has 0 radical (unpaired) electrons. The summed E-state index contributed by atoms with van der Waals surface area (Å²) in [5, 5.41) is 8.83. The van der Waals surface area contributed by atoms with E-state index in [-0.39, 0.29) is 12.5 Å². The van der Waals surface area contributed by atoms with Gasteiger partial charge < -0.3 is 9.84 Å². The maximum Gasteiger partial charge on any atom is 0.303 e. The van der Waals surface area contributed by atoms with Crippen LogP contribution in [0.1, 0.15) is 48.5 Å². The van der Waals surface area contributed by atoms with Crippen molar-refractivity contribution in [2.75, 3.05) is 6.61 Å². The summed E-state index contributed by atoms with van der Waals surface area (Å²) in [5.74, 6) is -0.761. The molecule has 0 bridgehead atoms. The van der Waals surface area contributed by atoms with Gasteiger partial charge in [0.25, 0.3) is 0 Å². The predicted octanol–water partition coefficient (Wildman–Crippen LogP) is 3.59. The Balaban J connectivity index is 2.24. The molecule has 1 aromatic rings. The van der Waals surface area contributed by atoms with Crippen molar-refractivity contribution in [1.29, 1.82) is 0 Å². The lowest BCUT2D eigenvalue weighted by Crippen LogP contribution is -2.14. The highest BCUT2D eigenvalue weighted by Gasteiger charge is 2.19. The Morgan fingerprint density at radius 3 is 2.95 bits per heavy atom. The first-order valence-electron chi connectivity index (χ1n) is 6.79. The van der Waals surface area contributed by atoms with E-state index in [1.807, 2.05) is 18.2 Å². The van der Waals surface area contributed by atoms with Crippen LogP contribution in [0.2, 0.25) is 0 Å². The molecule has 0 spiro atoms. The third kappa shape index (κ3) is 3.67. The Bertz CT molecular complexity index is 459. The van der Waals surface area contributed by atoms with Crippen molar-refractivity contribution in [3.05, 3.63) is 41.5 Å². The monoisotopic (exact) mass is 260 g/mol. The zero-order valence-electron chi connectivity index (χ0n) is 11.1. The van der Waals surface area contributed by atoms with E-state index in [0.29, 0.717) is 6.42 Å². The molecule has 1 atom stereocenters. The average Bonchev–Trinajstić information content (AvgIpc) is 2.46. The molecule has 19 heavy (non-hydrogen) atoms. The van der Waals surface area contributed by atoms with Gasteiger partial charge in [-0.05, 0) is 48.4 Å². The molecular weight excluding hydrogens is 240 g/mol. The molecule has 1 saturated heterocycles. The van der Waals surface area contributed by atoms with Crippen LogP contribution in [0.4, 0.5) is 0 Å². The molecule has 1 fully saturated rings. The number of aliphatic carboxylic acids is 1. The van der Waals surface area contributed by atoms with Crippen molar-refractivity contribution < 1.29 is 14.6 Å². The number of ether oxygens (including phenoxy) is 1. The van der Waals surface area contributed by atoms with Crippen LogP contribution in [-0.2, 0) is 16.0 Å². The Morgan fingerprint density at radius 2 is 2.32 bits per heavy atom. The van der Waals surface area contributed by atoms with E-state index >= 15 is 0 Å². The fraction of sp³-hybridized carbons (Fsp3) is 0.438. The highest BCUT2D eigenvalue weighted by molar-refractivity contribution is 5.67. The summed E-state index contributed by atoms with van der Waals surface area (Å²) in [4.78, 5) is 10.7. The third-order valence-corrected chi connectivity index (χ3v) is 3.54. The number of rotatable bonds is 5. The number of carbonyl (C=O) groups is 1. The molecule has 0 aromatic heterocycles. The van der Waals surface area contributed by atoms with Crippen molar-refractivity contribution in [3.8, 4) is 0 Å². The molecule has 1 aromatic carbocycles. The molecule has 1 heterocycles. The Labute approximate surface area is 113 Å². The Hall–Kier alpha value is -1.61. The first kappa shape index (κ1) is 13.8.